The van der Waals surface area contributed by atoms with Gasteiger partial charge < -0.3 is 5.73 Å². The van der Waals surface area contributed by atoms with Crippen LogP contribution >= 0.6 is 12.4 Å². The maximum atomic E-state index is 9.58. The molecule has 4 nitrogen and oxygen atoms in total. The Kier molecular flexibility index (Phi) is 7.67. The maximum absolute atomic E-state index is 9.58. The third kappa shape index (κ3) is 5.52. The van der Waals surface area contributed by atoms with Crippen LogP contribution in [-0.4, -0.2) is 12.5 Å². The molecule has 0 aromatic heterocycles. The van der Waals surface area contributed by atoms with Crippen molar-refractivity contribution < 1.29 is 4.79 Å². The van der Waals surface area contributed by atoms with Crippen molar-refractivity contribution in [1.29, 1.82) is 0 Å². The molecule has 0 saturated heterocycles. The molecular weight excluding hydrogens is 119 g/mol. The van der Waals surface area contributed by atoms with Crippen LogP contribution in [0.25, 0.3) is 0 Å². The van der Waals surface area contributed by atoms with E-state index in [1.165, 1.54) is 0 Å². The molecule has 0 heterocycles. The summed E-state index contributed by atoms with van der Waals surface area (Å²) in [6, 6.07) is 0. The zero-order chi connectivity index (χ0) is 4.99. The number of carbonyl (C=O) groups excluding carboxylic acids is 1. The maximum Gasteiger partial charge on any atom is 0.299 e. The minimum Gasteiger partial charge on any atom is -0.322 e. The molecule has 0 radical (unpaired) electrons. The van der Waals surface area contributed by atoms with Crippen LogP contribution in [0.5, 0.6) is 0 Å². The monoisotopic (exact) mass is 124 g/mol. The van der Waals surface area contributed by atoms with E-state index in [2.05, 4.69) is 5.73 Å². The third-order valence-electron chi connectivity index (χ3n) is 0.276. The fraction of sp³-hybridized carbons (Fsp3) is 0.500. The second kappa shape index (κ2) is 5.52. The molecule has 0 unspecified atom stereocenters. The van der Waals surface area contributed by atoms with Gasteiger partial charge in [0.2, 0.25) is 0 Å². The molecule has 0 aromatic rings. The zero-order valence-corrected chi connectivity index (χ0v) is 4.27. The van der Waals surface area contributed by atoms with Gasteiger partial charge in [-0.2, -0.15) is 0 Å². The van der Waals surface area contributed by atoms with Crippen molar-refractivity contribution in [2.24, 2.45) is 10.9 Å². The summed E-state index contributed by atoms with van der Waals surface area (Å²) < 4.78 is 0. The van der Waals surface area contributed by atoms with E-state index in [1.54, 1.807) is 0 Å². The highest BCUT2D eigenvalue weighted by atomic mass is 35.5. The standard InChI is InChI=1S/C2H4N2O2.ClH/c3-1-2(5)4-6;/h1,3H2;1H. The summed E-state index contributed by atoms with van der Waals surface area (Å²) in [5, 5.41) is 1.99. The second-order valence-electron chi connectivity index (χ2n) is 0.689. The lowest BCUT2D eigenvalue weighted by Crippen LogP contribution is -2.09. The molecule has 0 atom stereocenters. The molecule has 0 bridgehead atoms. The summed E-state index contributed by atoms with van der Waals surface area (Å²) in [6.45, 7) is -0.288. The van der Waals surface area contributed by atoms with Gasteiger partial charge in [0.15, 0.2) is 0 Å². The van der Waals surface area contributed by atoms with Gasteiger partial charge in [-0.15, -0.1) is 17.3 Å². The summed E-state index contributed by atoms with van der Waals surface area (Å²) in [5.41, 5.74) is 4.64. The first-order chi connectivity index (χ1) is 2.81. The minimum absolute atomic E-state index is 0. The van der Waals surface area contributed by atoms with Crippen LogP contribution in [0.15, 0.2) is 5.18 Å². The first kappa shape index (κ1) is 9.72. The molecule has 2 N–H and O–H groups in total. The Morgan fingerprint density at radius 2 is 2.14 bits per heavy atom. The lowest BCUT2D eigenvalue weighted by Gasteiger charge is -1.71. The second-order valence-corrected chi connectivity index (χ2v) is 0.689. The van der Waals surface area contributed by atoms with Crippen molar-refractivity contribution in [3.63, 3.8) is 0 Å². The van der Waals surface area contributed by atoms with E-state index in [1.807, 2.05) is 5.18 Å². The van der Waals surface area contributed by atoms with Crippen LogP contribution in [0.4, 0.5) is 0 Å². The number of nitrogens with two attached hydrogens (primary N) is 1. The summed E-state index contributed by atoms with van der Waals surface area (Å²) in [4.78, 5) is 18.6. The molecule has 42 valence electrons. The van der Waals surface area contributed by atoms with Gasteiger partial charge in [-0.1, -0.05) is 0 Å². The van der Waals surface area contributed by atoms with Gasteiger partial charge in [0.05, 0.1) is 6.54 Å². The van der Waals surface area contributed by atoms with Gasteiger partial charge in [-0.05, 0) is 0 Å². The topological polar surface area (TPSA) is 72.5 Å². The predicted molar refractivity (Wildman–Crippen MR) is 27.1 cm³/mol. The molecule has 0 saturated carbocycles. The molecule has 5 heteroatoms. The summed E-state index contributed by atoms with van der Waals surface area (Å²) in [7, 11) is 0. The normalized spacial score (nSPS) is 6.43. The average Bonchev–Trinajstić information content (AvgIpc) is 1.65. The molecule has 0 rings (SSSR count). The van der Waals surface area contributed by atoms with Crippen molar-refractivity contribution in [1.82, 2.24) is 0 Å². The number of hydrogen-bond acceptors (Lipinski definition) is 3. The lowest BCUT2D eigenvalue weighted by molar-refractivity contribution is -0.116. The fourth-order valence-corrected chi connectivity index (χ4v) is 0.0373. The Balaban J connectivity index is 0. The minimum atomic E-state index is -0.810. The molecule has 0 aliphatic rings. The first-order valence-corrected chi connectivity index (χ1v) is 1.37. The third-order valence-corrected chi connectivity index (χ3v) is 0.276. The molecule has 1 amide bonds. The highest BCUT2D eigenvalue weighted by Gasteiger charge is 1.89. The molecular formula is C2H5ClN2O2. The van der Waals surface area contributed by atoms with Gasteiger partial charge in [0, 0.05) is 5.18 Å². The number of hydrogen-bond donors (Lipinski definition) is 1. The Bertz CT molecular complexity index is 74.1. The zero-order valence-electron chi connectivity index (χ0n) is 3.46. The van der Waals surface area contributed by atoms with Crippen LogP contribution in [0.3, 0.4) is 0 Å². The van der Waals surface area contributed by atoms with E-state index in [0.717, 1.165) is 0 Å². The van der Waals surface area contributed by atoms with E-state index >= 15 is 0 Å². The van der Waals surface area contributed by atoms with E-state index in [0.29, 0.717) is 0 Å². The Morgan fingerprint density at radius 3 is 2.14 bits per heavy atom. The number of nitroso groups, excluding NO2 is 1. The summed E-state index contributed by atoms with van der Waals surface area (Å²) >= 11 is 0. The highest BCUT2D eigenvalue weighted by Crippen LogP contribution is 1.61. The number of carbonyl (C=O) groups is 1. The molecule has 0 fully saturated rings. The van der Waals surface area contributed by atoms with Crippen molar-refractivity contribution in [3.8, 4) is 0 Å². The van der Waals surface area contributed by atoms with Gasteiger partial charge in [0.25, 0.3) is 5.91 Å². The Morgan fingerprint density at radius 1 is 1.71 bits per heavy atom. The van der Waals surface area contributed by atoms with Gasteiger partial charge in [-0.25, -0.2) is 0 Å². The number of halogens is 1. The van der Waals surface area contributed by atoms with Gasteiger partial charge in [0.1, 0.15) is 0 Å². The van der Waals surface area contributed by atoms with E-state index < -0.39 is 5.91 Å². The van der Waals surface area contributed by atoms with E-state index in [-0.39, 0.29) is 19.0 Å². The molecule has 0 aromatic carbocycles. The Labute approximate surface area is 46.5 Å². The van der Waals surface area contributed by atoms with E-state index in [9.17, 15) is 4.79 Å². The highest BCUT2D eigenvalue weighted by molar-refractivity contribution is 5.85. The fourth-order valence-electron chi connectivity index (χ4n) is 0.0373. The largest absolute Gasteiger partial charge is 0.322 e. The van der Waals surface area contributed by atoms with Crippen LogP contribution in [0, 0.1) is 4.91 Å². The van der Waals surface area contributed by atoms with Gasteiger partial charge >= 0.3 is 0 Å². The molecule has 7 heavy (non-hydrogen) atoms. The molecule has 0 aliphatic carbocycles. The van der Waals surface area contributed by atoms with Gasteiger partial charge in [-0.3, -0.25) is 4.79 Å². The van der Waals surface area contributed by atoms with E-state index in [4.69, 9.17) is 4.91 Å². The lowest BCUT2D eigenvalue weighted by atomic mass is 10.7. The van der Waals surface area contributed by atoms with Crippen LogP contribution in [-0.2, 0) is 4.79 Å². The van der Waals surface area contributed by atoms with Crippen molar-refractivity contribution in [3.05, 3.63) is 4.91 Å². The first-order valence-electron chi connectivity index (χ1n) is 1.37. The molecule has 0 spiro atoms. The van der Waals surface area contributed by atoms with Crippen LogP contribution in [0.2, 0.25) is 0 Å². The average molecular weight is 125 g/mol. The van der Waals surface area contributed by atoms with Crippen molar-refractivity contribution >= 4 is 18.3 Å². The summed E-state index contributed by atoms with van der Waals surface area (Å²) in [6.07, 6.45) is 0. The predicted octanol–water partition coefficient (Wildman–Crippen LogP) is -0.340. The number of nitrogens with zero attached hydrogens (tertiary/aromatic N) is 1. The number of amides is 1. The summed E-state index contributed by atoms with van der Waals surface area (Å²) in [5.74, 6) is -0.810. The SMILES string of the molecule is Cl.NCC(=O)N=O. The number of rotatable bonds is 1. The van der Waals surface area contributed by atoms with Crippen LogP contribution < -0.4 is 5.73 Å². The van der Waals surface area contributed by atoms with Crippen molar-refractivity contribution in [2.45, 2.75) is 0 Å². The van der Waals surface area contributed by atoms with Crippen LogP contribution in [0.1, 0.15) is 0 Å². The molecule has 0 aliphatic heterocycles. The quantitative estimate of drug-likeness (QED) is 0.486. The Hall–Kier alpha value is -0.480. The van der Waals surface area contributed by atoms with Crippen molar-refractivity contribution in [2.75, 3.05) is 6.54 Å². The smallest absolute Gasteiger partial charge is 0.299 e.